The third kappa shape index (κ3) is 4.65. The van der Waals surface area contributed by atoms with Crippen LogP contribution in [0.1, 0.15) is 11.3 Å². The molecule has 2 aromatic carbocycles. The van der Waals surface area contributed by atoms with E-state index in [0.29, 0.717) is 5.69 Å². The molecule has 0 bridgehead atoms. The van der Waals surface area contributed by atoms with Gasteiger partial charge in [0.25, 0.3) is 0 Å². The average molecular weight is 480 g/mol. The van der Waals surface area contributed by atoms with Gasteiger partial charge in [0.15, 0.2) is 23.1 Å². The van der Waals surface area contributed by atoms with Gasteiger partial charge in [-0.05, 0) is 24.7 Å². The maximum atomic E-state index is 14.6. The Bertz CT molecular complexity index is 1240. The molecular weight excluding hydrogens is 452 g/mol. The first-order valence-electron chi connectivity index (χ1n) is 11.3. The number of likely N-dealkylation sites (N-methyl/N-ethyl adjacent to an activating group) is 1. The number of anilines is 2. The second kappa shape index (κ2) is 9.53. The highest BCUT2D eigenvalue weighted by Crippen LogP contribution is 2.28. The van der Waals surface area contributed by atoms with Crippen LogP contribution in [0.25, 0.3) is 11.3 Å². The molecule has 35 heavy (non-hydrogen) atoms. The molecule has 2 aliphatic heterocycles. The van der Waals surface area contributed by atoms with E-state index >= 15 is 0 Å². The lowest BCUT2D eigenvalue weighted by atomic mass is 10.1. The number of nitrogens with zero attached hydrogens (tertiary/aromatic N) is 7. The number of nitrogens with two attached hydrogens (primary N) is 1. The van der Waals surface area contributed by atoms with Crippen LogP contribution >= 0.6 is 0 Å². The number of nitrogen functional groups attached to an aromatic ring is 1. The molecule has 11 heteroatoms. The van der Waals surface area contributed by atoms with Crippen molar-refractivity contribution in [1.29, 1.82) is 0 Å². The number of hydrogen-bond donors (Lipinski definition) is 2. The summed E-state index contributed by atoms with van der Waals surface area (Å²) < 4.78 is 28.5. The lowest BCUT2D eigenvalue weighted by Gasteiger charge is -2.32. The minimum Gasteiger partial charge on any atom is -0.382 e. The summed E-state index contributed by atoms with van der Waals surface area (Å²) in [7, 11) is 3.76. The number of halogens is 2. The van der Waals surface area contributed by atoms with Crippen molar-refractivity contribution in [1.82, 2.24) is 30.4 Å². The van der Waals surface area contributed by atoms with Crippen LogP contribution in [0.3, 0.4) is 0 Å². The van der Waals surface area contributed by atoms with Crippen molar-refractivity contribution in [3.05, 3.63) is 71.6 Å². The van der Waals surface area contributed by atoms with E-state index in [2.05, 4.69) is 49.6 Å². The first-order valence-corrected chi connectivity index (χ1v) is 11.3. The Labute approximate surface area is 202 Å². The Morgan fingerprint density at radius 2 is 1.74 bits per heavy atom. The number of aromatic nitrogens is 2. The minimum absolute atomic E-state index is 0.0314. The van der Waals surface area contributed by atoms with Gasteiger partial charge >= 0.3 is 0 Å². The normalized spacial score (nSPS) is 17.5. The molecule has 3 heterocycles. The highest BCUT2D eigenvalue weighted by atomic mass is 19.2. The van der Waals surface area contributed by atoms with E-state index in [1.165, 1.54) is 27.8 Å². The Balaban J connectivity index is 1.40. The lowest BCUT2D eigenvalue weighted by molar-refractivity contribution is 0.148. The van der Waals surface area contributed by atoms with Gasteiger partial charge in [-0.15, -0.1) is 10.2 Å². The van der Waals surface area contributed by atoms with Crippen LogP contribution in [0.4, 0.5) is 20.3 Å². The molecule has 2 aliphatic rings. The number of amidine groups is 1. The van der Waals surface area contributed by atoms with Gasteiger partial charge in [-0.25, -0.2) is 29.3 Å². The second-order valence-corrected chi connectivity index (χ2v) is 8.71. The molecule has 5 rings (SSSR count). The summed E-state index contributed by atoms with van der Waals surface area (Å²) in [5.74, 6) is -1.64. The zero-order chi connectivity index (χ0) is 24.5. The summed E-state index contributed by atoms with van der Waals surface area (Å²) in [6, 6.07) is 12.1. The molecule has 0 spiro atoms. The standard InChI is InChI=1S/C24H27F2N9/c1-32-10-12-34(13-11-32)15-16-6-8-17(9-7-16)19-14-28-23(27)22(29-19)24-30-31-33(2)35(24)20-5-3-4-18(25)21(20)26/h3-9,14,31H,10-13,15H2,1-2H3,(H2,27,28). The summed E-state index contributed by atoms with van der Waals surface area (Å²) in [6.07, 6.45) is 1.59. The summed E-state index contributed by atoms with van der Waals surface area (Å²) in [6.45, 7) is 5.16. The Morgan fingerprint density at radius 1 is 1.00 bits per heavy atom. The number of rotatable bonds is 5. The predicted octanol–water partition coefficient (Wildman–Crippen LogP) is 2.28. The number of nitrogens with one attached hydrogen (secondary N) is 1. The molecule has 1 aromatic heterocycles. The lowest BCUT2D eigenvalue weighted by Crippen LogP contribution is -2.44. The van der Waals surface area contributed by atoms with Crippen molar-refractivity contribution in [2.45, 2.75) is 6.54 Å². The summed E-state index contributed by atoms with van der Waals surface area (Å²) in [5, 5.41) is 7.01. The summed E-state index contributed by atoms with van der Waals surface area (Å²) in [4.78, 5) is 13.8. The molecule has 0 atom stereocenters. The van der Waals surface area contributed by atoms with Crippen molar-refractivity contribution in [3.63, 3.8) is 0 Å². The fraction of sp³-hybridized carbons (Fsp3) is 0.292. The summed E-state index contributed by atoms with van der Waals surface area (Å²) in [5.41, 5.74) is 11.8. The minimum atomic E-state index is -1.01. The Morgan fingerprint density at radius 3 is 2.49 bits per heavy atom. The SMILES string of the molecule is CN1CCN(Cc2ccc(-c3cnc(N)c(C4=NNN(C)N4c4cccc(F)c4F)n3)cc2)CC1. The van der Waals surface area contributed by atoms with Crippen LogP contribution in [0.15, 0.2) is 53.8 Å². The molecule has 182 valence electrons. The van der Waals surface area contributed by atoms with E-state index in [0.717, 1.165) is 44.4 Å². The van der Waals surface area contributed by atoms with Crippen molar-refractivity contribution in [3.8, 4) is 11.3 Å². The van der Waals surface area contributed by atoms with Gasteiger partial charge in [-0.1, -0.05) is 30.3 Å². The van der Waals surface area contributed by atoms with E-state index in [1.807, 2.05) is 12.1 Å². The highest BCUT2D eigenvalue weighted by Gasteiger charge is 2.31. The molecule has 0 saturated carbocycles. The van der Waals surface area contributed by atoms with Crippen LogP contribution < -0.4 is 16.3 Å². The number of hydrogen-bond acceptors (Lipinski definition) is 9. The number of benzene rings is 2. The summed E-state index contributed by atoms with van der Waals surface area (Å²) >= 11 is 0. The van der Waals surface area contributed by atoms with Crippen molar-refractivity contribution in [2.24, 2.45) is 5.10 Å². The zero-order valence-corrected chi connectivity index (χ0v) is 19.6. The maximum absolute atomic E-state index is 14.6. The molecule has 0 amide bonds. The topological polar surface area (TPSA) is 89.1 Å². The van der Waals surface area contributed by atoms with Crippen molar-refractivity contribution < 1.29 is 8.78 Å². The van der Waals surface area contributed by atoms with Gasteiger partial charge in [-0.2, -0.15) is 0 Å². The van der Waals surface area contributed by atoms with Crippen LogP contribution in [0, 0.1) is 11.6 Å². The molecule has 3 aromatic rings. The fourth-order valence-electron chi connectivity index (χ4n) is 4.19. The zero-order valence-electron chi connectivity index (χ0n) is 19.6. The first kappa shape index (κ1) is 23.1. The monoisotopic (exact) mass is 479 g/mol. The quantitative estimate of drug-likeness (QED) is 0.576. The van der Waals surface area contributed by atoms with Gasteiger partial charge in [0.05, 0.1) is 11.9 Å². The highest BCUT2D eigenvalue weighted by molar-refractivity contribution is 6.11. The second-order valence-electron chi connectivity index (χ2n) is 8.71. The molecule has 0 aliphatic carbocycles. The Kier molecular flexibility index (Phi) is 6.29. The van der Waals surface area contributed by atoms with E-state index in [9.17, 15) is 8.78 Å². The van der Waals surface area contributed by atoms with E-state index < -0.39 is 11.6 Å². The van der Waals surface area contributed by atoms with Crippen molar-refractivity contribution in [2.75, 3.05) is 51.0 Å². The van der Waals surface area contributed by atoms with Gasteiger partial charge in [0.1, 0.15) is 5.69 Å². The van der Waals surface area contributed by atoms with E-state index in [4.69, 9.17) is 5.73 Å². The number of piperazine rings is 1. The number of hydrazine groups is 2. The van der Waals surface area contributed by atoms with E-state index in [1.54, 1.807) is 13.2 Å². The van der Waals surface area contributed by atoms with Gasteiger partial charge in [0, 0.05) is 45.3 Å². The van der Waals surface area contributed by atoms with E-state index in [-0.39, 0.29) is 23.0 Å². The maximum Gasteiger partial charge on any atom is 0.200 e. The molecule has 9 nitrogen and oxygen atoms in total. The Hall–Kier alpha value is -3.67. The van der Waals surface area contributed by atoms with Crippen LogP contribution in [0.2, 0.25) is 0 Å². The van der Waals surface area contributed by atoms with Crippen LogP contribution in [0.5, 0.6) is 0 Å². The fourth-order valence-corrected chi connectivity index (χ4v) is 4.19. The van der Waals surface area contributed by atoms with Crippen LogP contribution in [-0.2, 0) is 6.54 Å². The van der Waals surface area contributed by atoms with Gasteiger partial charge in [0.2, 0.25) is 5.84 Å². The molecule has 0 unspecified atom stereocenters. The predicted molar refractivity (Wildman–Crippen MR) is 131 cm³/mol. The van der Waals surface area contributed by atoms with Crippen molar-refractivity contribution >= 4 is 17.3 Å². The molecule has 3 N–H and O–H groups in total. The number of hydrazone groups is 1. The van der Waals surface area contributed by atoms with Gasteiger partial charge < -0.3 is 10.6 Å². The molecular formula is C24H27F2N9. The molecule has 0 radical (unpaired) electrons. The average Bonchev–Trinajstić information content (AvgIpc) is 3.24. The smallest absolute Gasteiger partial charge is 0.200 e. The third-order valence-corrected chi connectivity index (χ3v) is 6.23. The third-order valence-electron chi connectivity index (χ3n) is 6.23. The molecule has 1 fully saturated rings. The molecule has 1 saturated heterocycles. The first-order chi connectivity index (χ1) is 16.9. The van der Waals surface area contributed by atoms with Gasteiger partial charge in [-0.3, -0.25) is 4.90 Å². The largest absolute Gasteiger partial charge is 0.382 e. The van der Waals surface area contributed by atoms with Crippen LogP contribution in [-0.4, -0.2) is 71.0 Å².